The first-order valence-electron chi connectivity index (χ1n) is 10.9. The van der Waals surface area contributed by atoms with Gasteiger partial charge in [0.1, 0.15) is 5.75 Å². The van der Waals surface area contributed by atoms with E-state index >= 15 is 0 Å². The summed E-state index contributed by atoms with van der Waals surface area (Å²) in [5.74, 6) is -2.02. The highest BCUT2D eigenvalue weighted by molar-refractivity contribution is 6.39. The first-order valence-corrected chi connectivity index (χ1v) is 10.9. The van der Waals surface area contributed by atoms with Crippen molar-refractivity contribution < 1.29 is 19.1 Å². The van der Waals surface area contributed by atoms with Crippen molar-refractivity contribution in [3.63, 3.8) is 0 Å². The molecule has 0 radical (unpaired) electrons. The lowest BCUT2D eigenvalue weighted by Crippen LogP contribution is -2.32. The van der Waals surface area contributed by atoms with Gasteiger partial charge in [-0.25, -0.2) is 10.2 Å². The number of benzene rings is 4. The van der Waals surface area contributed by atoms with Gasteiger partial charge in [-0.05, 0) is 55.0 Å². The number of fused-ring (bicyclic) bond motifs is 1. The molecule has 0 aliphatic heterocycles. The minimum absolute atomic E-state index is 0.274. The van der Waals surface area contributed by atoms with E-state index in [9.17, 15) is 14.4 Å². The Bertz CT molecular complexity index is 1430. The van der Waals surface area contributed by atoms with Crippen molar-refractivity contribution in [2.24, 2.45) is 5.10 Å². The standard InChI is InChI=1S/C28H23N3O4/c1-18-7-11-21(12-8-18)28(34)35-25-16-13-20-5-3-4-6-23(20)24(25)17-29-31-27(33)26(32)30-22-14-9-19(2)10-15-22/h3-17H,1-2H3,(H,30,32)(H,31,33)/b29-17+. The number of esters is 1. The van der Waals surface area contributed by atoms with E-state index in [0.717, 1.165) is 21.9 Å². The number of ether oxygens (including phenoxy) is 1. The Labute approximate surface area is 202 Å². The van der Waals surface area contributed by atoms with Crippen LogP contribution >= 0.6 is 0 Å². The summed E-state index contributed by atoms with van der Waals surface area (Å²) < 4.78 is 5.65. The maximum atomic E-state index is 12.7. The molecule has 0 fully saturated rings. The van der Waals surface area contributed by atoms with Crippen molar-refractivity contribution in [2.45, 2.75) is 13.8 Å². The number of nitrogens with zero attached hydrogens (tertiary/aromatic N) is 1. The van der Waals surface area contributed by atoms with Crippen LogP contribution in [0.15, 0.2) is 90.0 Å². The molecule has 35 heavy (non-hydrogen) atoms. The van der Waals surface area contributed by atoms with E-state index in [2.05, 4.69) is 15.8 Å². The van der Waals surface area contributed by atoms with Gasteiger partial charge in [0.2, 0.25) is 0 Å². The first-order chi connectivity index (χ1) is 16.9. The number of rotatable bonds is 5. The Hall–Kier alpha value is -4.78. The van der Waals surface area contributed by atoms with Crippen molar-refractivity contribution in [3.8, 4) is 5.75 Å². The van der Waals surface area contributed by atoms with E-state index in [1.54, 1.807) is 30.3 Å². The number of hydrogen-bond donors (Lipinski definition) is 2. The smallest absolute Gasteiger partial charge is 0.343 e. The predicted molar refractivity (Wildman–Crippen MR) is 136 cm³/mol. The molecule has 0 aliphatic carbocycles. The lowest BCUT2D eigenvalue weighted by atomic mass is 10.0. The van der Waals surface area contributed by atoms with E-state index in [-0.39, 0.29) is 5.75 Å². The molecule has 7 nitrogen and oxygen atoms in total. The third-order valence-electron chi connectivity index (χ3n) is 5.30. The number of hydrazone groups is 1. The molecular weight excluding hydrogens is 442 g/mol. The molecule has 2 amide bonds. The van der Waals surface area contributed by atoms with Gasteiger partial charge in [-0.15, -0.1) is 0 Å². The van der Waals surface area contributed by atoms with Crippen LogP contribution in [0.3, 0.4) is 0 Å². The van der Waals surface area contributed by atoms with E-state index in [4.69, 9.17) is 4.74 Å². The summed E-state index contributed by atoms with van der Waals surface area (Å²) in [6.45, 7) is 3.86. The molecule has 0 aromatic heterocycles. The topological polar surface area (TPSA) is 96.9 Å². The Morgan fingerprint density at radius 1 is 0.771 bits per heavy atom. The molecule has 0 saturated heterocycles. The molecule has 0 bridgehead atoms. The van der Waals surface area contributed by atoms with Crippen molar-refractivity contribution in [3.05, 3.63) is 107 Å². The number of anilines is 1. The number of aryl methyl sites for hydroxylation is 2. The molecule has 0 unspecified atom stereocenters. The summed E-state index contributed by atoms with van der Waals surface area (Å²) >= 11 is 0. The second-order valence-corrected chi connectivity index (χ2v) is 7.97. The SMILES string of the molecule is Cc1ccc(NC(=O)C(=O)N/N=C/c2c(OC(=O)c3ccc(C)cc3)ccc3ccccc23)cc1. The van der Waals surface area contributed by atoms with Gasteiger partial charge in [0.15, 0.2) is 0 Å². The number of amides is 2. The highest BCUT2D eigenvalue weighted by Gasteiger charge is 2.15. The molecular formula is C28H23N3O4. The van der Waals surface area contributed by atoms with Gasteiger partial charge in [-0.2, -0.15) is 5.10 Å². The highest BCUT2D eigenvalue weighted by Crippen LogP contribution is 2.27. The number of hydrogen-bond acceptors (Lipinski definition) is 5. The van der Waals surface area contributed by atoms with Crippen molar-refractivity contribution in [1.29, 1.82) is 0 Å². The van der Waals surface area contributed by atoms with Crippen molar-refractivity contribution in [2.75, 3.05) is 5.32 Å². The van der Waals surface area contributed by atoms with Crippen LogP contribution < -0.4 is 15.5 Å². The Morgan fingerprint density at radius 3 is 2.14 bits per heavy atom. The number of nitrogens with one attached hydrogen (secondary N) is 2. The highest BCUT2D eigenvalue weighted by atomic mass is 16.5. The normalized spacial score (nSPS) is 10.8. The van der Waals surface area contributed by atoms with Gasteiger partial charge in [0.25, 0.3) is 0 Å². The fourth-order valence-electron chi connectivity index (χ4n) is 3.38. The molecule has 7 heteroatoms. The van der Waals surface area contributed by atoms with Gasteiger partial charge in [0, 0.05) is 11.3 Å². The average molecular weight is 466 g/mol. The largest absolute Gasteiger partial charge is 0.422 e. The van der Waals surface area contributed by atoms with E-state index in [0.29, 0.717) is 16.8 Å². The maximum absolute atomic E-state index is 12.7. The minimum Gasteiger partial charge on any atom is -0.422 e. The summed E-state index contributed by atoms with van der Waals surface area (Å²) in [5, 5.41) is 8.12. The summed E-state index contributed by atoms with van der Waals surface area (Å²) in [6.07, 6.45) is 1.36. The lowest BCUT2D eigenvalue weighted by molar-refractivity contribution is -0.136. The van der Waals surface area contributed by atoms with Gasteiger partial charge in [0.05, 0.1) is 11.8 Å². The zero-order chi connectivity index (χ0) is 24.8. The Balaban J connectivity index is 1.53. The van der Waals surface area contributed by atoms with Crippen LogP contribution in [0.4, 0.5) is 5.69 Å². The van der Waals surface area contributed by atoms with Crippen molar-refractivity contribution >= 4 is 40.5 Å². The summed E-state index contributed by atoms with van der Waals surface area (Å²) in [5.41, 5.74) is 5.68. The van der Waals surface area contributed by atoms with Gasteiger partial charge >= 0.3 is 17.8 Å². The molecule has 2 N–H and O–H groups in total. The second-order valence-electron chi connectivity index (χ2n) is 7.97. The lowest BCUT2D eigenvalue weighted by Gasteiger charge is -2.11. The molecule has 0 spiro atoms. The van der Waals surface area contributed by atoms with E-state index in [1.807, 2.05) is 68.4 Å². The van der Waals surface area contributed by atoms with Crippen LogP contribution in [0.1, 0.15) is 27.0 Å². The predicted octanol–water partition coefficient (Wildman–Crippen LogP) is 4.76. The molecule has 0 saturated carbocycles. The van der Waals surface area contributed by atoms with Crippen molar-refractivity contribution in [1.82, 2.24) is 5.43 Å². The van der Waals surface area contributed by atoms with Gasteiger partial charge in [-0.1, -0.05) is 65.7 Å². The summed E-state index contributed by atoms with van der Waals surface area (Å²) in [6, 6.07) is 25.1. The third kappa shape index (κ3) is 5.78. The van der Waals surface area contributed by atoms with Crippen LogP contribution in [-0.4, -0.2) is 24.0 Å². The fourth-order valence-corrected chi connectivity index (χ4v) is 3.38. The van der Waals surface area contributed by atoms with Crippen LogP contribution in [0.25, 0.3) is 10.8 Å². The minimum atomic E-state index is -0.930. The number of carbonyl (C=O) groups is 3. The molecule has 0 atom stereocenters. The molecule has 0 aliphatic rings. The van der Waals surface area contributed by atoms with E-state index in [1.165, 1.54) is 6.21 Å². The summed E-state index contributed by atoms with van der Waals surface area (Å²) in [7, 11) is 0. The van der Waals surface area contributed by atoms with Crippen LogP contribution in [0.5, 0.6) is 5.75 Å². The van der Waals surface area contributed by atoms with E-state index < -0.39 is 17.8 Å². The quantitative estimate of drug-likeness (QED) is 0.146. The Kier molecular flexibility index (Phi) is 6.97. The third-order valence-corrected chi connectivity index (χ3v) is 5.30. The second kappa shape index (κ2) is 10.4. The zero-order valence-corrected chi connectivity index (χ0v) is 19.2. The van der Waals surface area contributed by atoms with Crippen LogP contribution in [-0.2, 0) is 9.59 Å². The zero-order valence-electron chi connectivity index (χ0n) is 19.2. The van der Waals surface area contributed by atoms with Crippen LogP contribution in [0, 0.1) is 13.8 Å². The average Bonchev–Trinajstić information content (AvgIpc) is 2.86. The Morgan fingerprint density at radius 2 is 1.43 bits per heavy atom. The summed E-state index contributed by atoms with van der Waals surface area (Å²) in [4.78, 5) is 37.1. The molecule has 174 valence electrons. The molecule has 4 rings (SSSR count). The molecule has 0 heterocycles. The van der Waals surface area contributed by atoms with Gasteiger partial charge in [-0.3, -0.25) is 9.59 Å². The maximum Gasteiger partial charge on any atom is 0.343 e. The number of carbonyl (C=O) groups excluding carboxylic acids is 3. The molecule has 4 aromatic rings. The first kappa shape index (κ1) is 23.4. The van der Waals surface area contributed by atoms with Gasteiger partial charge < -0.3 is 10.1 Å². The van der Waals surface area contributed by atoms with Crippen LogP contribution in [0.2, 0.25) is 0 Å². The molecule has 4 aromatic carbocycles. The monoisotopic (exact) mass is 465 g/mol. The fraction of sp³-hybridized carbons (Fsp3) is 0.0714.